The molecule has 0 N–H and O–H groups in total. The molecule has 0 aromatic heterocycles. The quantitative estimate of drug-likeness (QED) is 0.347. The third-order valence-electron chi connectivity index (χ3n) is 7.82. The first-order valence-corrected chi connectivity index (χ1v) is 13.6. The Labute approximate surface area is 233 Å². The summed E-state index contributed by atoms with van der Waals surface area (Å²) in [6.07, 6.45) is 0.971. The Balaban J connectivity index is 1.59. The van der Waals surface area contributed by atoms with E-state index in [1.54, 1.807) is 12.1 Å². The van der Waals surface area contributed by atoms with Gasteiger partial charge in [-0.1, -0.05) is 85.6 Å². The maximum absolute atomic E-state index is 14.2. The number of anilines is 1. The molecule has 2 aliphatic heterocycles. The van der Waals surface area contributed by atoms with E-state index in [9.17, 15) is 14.4 Å². The molecule has 0 radical (unpaired) electrons. The number of carbonyl (C=O) groups is 3. The molecule has 5 nitrogen and oxygen atoms in total. The summed E-state index contributed by atoms with van der Waals surface area (Å²) < 4.78 is 0. The van der Waals surface area contributed by atoms with E-state index in [4.69, 9.17) is 11.6 Å². The monoisotopic (exact) mass is 536 g/mol. The third-order valence-corrected chi connectivity index (χ3v) is 8.08. The van der Waals surface area contributed by atoms with Crippen LogP contribution >= 0.6 is 11.6 Å². The molecule has 3 aliphatic rings. The van der Waals surface area contributed by atoms with Gasteiger partial charge in [-0.25, -0.2) is 0 Å². The fourth-order valence-corrected chi connectivity index (χ4v) is 6.17. The van der Waals surface area contributed by atoms with Crippen LogP contribution in [0.3, 0.4) is 0 Å². The van der Waals surface area contributed by atoms with Crippen molar-refractivity contribution in [3.8, 4) is 0 Å². The number of imide groups is 1. The van der Waals surface area contributed by atoms with Gasteiger partial charge in [-0.05, 0) is 54.2 Å². The highest BCUT2D eigenvalue weighted by Gasteiger charge is 2.53. The maximum atomic E-state index is 14.2. The SMILES string of the molecule is Cc1ccc(N2C3=C(C(=O)CC(C)(C)C3)C(c3ccc(Cl)cc3)C3=C2C(=O)N(Cc2ccccc2)C3=O)cc1. The van der Waals surface area contributed by atoms with Crippen LogP contribution in [-0.2, 0) is 20.9 Å². The Morgan fingerprint density at radius 3 is 2.15 bits per heavy atom. The lowest BCUT2D eigenvalue weighted by molar-refractivity contribution is -0.138. The number of hydrogen-bond donors (Lipinski definition) is 0. The number of aryl methyl sites for hydroxylation is 1. The number of ketones is 1. The van der Waals surface area contributed by atoms with Crippen molar-refractivity contribution in [2.45, 2.75) is 46.1 Å². The van der Waals surface area contributed by atoms with Gasteiger partial charge in [0.25, 0.3) is 11.8 Å². The zero-order valence-electron chi connectivity index (χ0n) is 22.2. The van der Waals surface area contributed by atoms with Crippen molar-refractivity contribution in [3.05, 3.63) is 123 Å². The van der Waals surface area contributed by atoms with Crippen molar-refractivity contribution in [1.82, 2.24) is 4.90 Å². The average molecular weight is 537 g/mol. The van der Waals surface area contributed by atoms with Crippen LogP contribution in [0.15, 0.2) is 101 Å². The number of Topliss-reactive ketones (excluding diaryl/α,β-unsaturated/α-hetero) is 1. The average Bonchev–Trinajstić information content (AvgIpc) is 3.13. The first kappa shape index (κ1) is 25.3. The van der Waals surface area contributed by atoms with Gasteiger partial charge in [0, 0.05) is 34.3 Å². The lowest BCUT2D eigenvalue weighted by Crippen LogP contribution is -2.41. The molecule has 2 amide bonds. The van der Waals surface area contributed by atoms with Gasteiger partial charge in [0.1, 0.15) is 5.70 Å². The van der Waals surface area contributed by atoms with Gasteiger partial charge in [-0.2, -0.15) is 0 Å². The Hall–Kier alpha value is -3.96. The fourth-order valence-electron chi connectivity index (χ4n) is 6.04. The minimum atomic E-state index is -0.644. The molecule has 39 heavy (non-hydrogen) atoms. The van der Waals surface area contributed by atoms with E-state index in [0.29, 0.717) is 34.7 Å². The second kappa shape index (κ2) is 9.35. The molecule has 3 aromatic carbocycles. The normalized spacial score (nSPS) is 20.5. The highest BCUT2D eigenvalue weighted by molar-refractivity contribution is 6.30. The summed E-state index contributed by atoms with van der Waals surface area (Å²) in [5.41, 5.74) is 5.27. The summed E-state index contributed by atoms with van der Waals surface area (Å²) >= 11 is 6.22. The lowest BCUT2D eigenvalue weighted by atomic mass is 9.68. The number of halogens is 1. The standard InChI is InChI=1S/C33H29ClN2O3/c1-20-9-15-24(16-10-20)36-25-17-33(2,3)18-26(37)28(25)27(22-11-13-23(34)14-12-22)29-30(36)32(39)35(31(29)38)19-21-7-5-4-6-8-21/h4-16,27H,17-19H2,1-3H3. The van der Waals surface area contributed by atoms with Crippen LogP contribution in [0.2, 0.25) is 5.02 Å². The lowest BCUT2D eigenvalue weighted by Gasteiger charge is -2.43. The number of carbonyl (C=O) groups excluding carboxylic acids is 3. The van der Waals surface area contributed by atoms with E-state index in [1.807, 2.05) is 78.6 Å². The van der Waals surface area contributed by atoms with Crippen molar-refractivity contribution < 1.29 is 14.4 Å². The van der Waals surface area contributed by atoms with E-state index >= 15 is 0 Å². The molecule has 0 saturated carbocycles. The topological polar surface area (TPSA) is 57.7 Å². The molecule has 2 heterocycles. The van der Waals surface area contributed by atoms with E-state index in [2.05, 4.69) is 13.8 Å². The largest absolute Gasteiger partial charge is 0.308 e. The van der Waals surface area contributed by atoms with Crippen LogP contribution in [0.4, 0.5) is 5.69 Å². The predicted molar refractivity (Wildman–Crippen MR) is 152 cm³/mol. The number of amides is 2. The van der Waals surface area contributed by atoms with Crippen LogP contribution in [-0.4, -0.2) is 22.5 Å². The molecule has 1 aliphatic carbocycles. The van der Waals surface area contributed by atoms with Crippen molar-refractivity contribution in [2.24, 2.45) is 5.41 Å². The molecule has 1 unspecified atom stereocenters. The molecule has 196 valence electrons. The van der Waals surface area contributed by atoms with E-state index in [-0.39, 0.29) is 29.6 Å². The first-order valence-electron chi connectivity index (χ1n) is 13.2. The zero-order chi connectivity index (χ0) is 27.5. The number of hydrogen-bond acceptors (Lipinski definition) is 4. The molecular weight excluding hydrogens is 508 g/mol. The Bertz CT molecular complexity index is 1570. The number of benzene rings is 3. The number of rotatable bonds is 4. The third kappa shape index (κ3) is 4.31. The number of allylic oxidation sites excluding steroid dienone is 2. The molecule has 0 saturated heterocycles. The molecule has 0 bridgehead atoms. The van der Waals surface area contributed by atoms with Crippen molar-refractivity contribution in [1.29, 1.82) is 0 Å². The highest BCUT2D eigenvalue weighted by atomic mass is 35.5. The van der Waals surface area contributed by atoms with Gasteiger partial charge in [-0.3, -0.25) is 19.3 Å². The summed E-state index contributed by atoms with van der Waals surface area (Å²) in [5, 5.41) is 0.565. The van der Waals surface area contributed by atoms with Crippen LogP contribution in [0.25, 0.3) is 0 Å². The predicted octanol–water partition coefficient (Wildman–Crippen LogP) is 6.72. The van der Waals surface area contributed by atoms with Crippen LogP contribution < -0.4 is 4.90 Å². The Morgan fingerprint density at radius 1 is 0.821 bits per heavy atom. The second-order valence-corrected chi connectivity index (χ2v) is 11.8. The van der Waals surface area contributed by atoms with E-state index in [1.165, 1.54) is 4.90 Å². The van der Waals surface area contributed by atoms with Crippen molar-refractivity contribution in [3.63, 3.8) is 0 Å². The molecule has 3 aromatic rings. The van der Waals surface area contributed by atoms with Crippen molar-refractivity contribution >= 4 is 34.9 Å². The molecule has 0 spiro atoms. The zero-order valence-corrected chi connectivity index (χ0v) is 23.0. The minimum Gasteiger partial charge on any atom is -0.308 e. The fraction of sp³-hybridized carbons (Fsp3) is 0.242. The Kier molecular flexibility index (Phi) is 6.07. The van der Waals surface area contributed by atoms with Crippen LogP contribution in [0.5, 0.6) is 0 Å². The molecule has 0 fully saturated rings. The van der Waals surface area contributed by atoms with Gasteiger partial charge < -0.3 is 4.90 Å². The minimum absolute atomic E-state index is 0.00613. The summed E-state index contributed by atoms with van der Waals surface area (Å²) in [6, 6.07) is 24.6. The molecule has 6 rings (SSSR count). The van der Waals surface area contributed by atoms with Gasteiger partial charge in [0.05, 0.1) is 12.1 Å². The van der Waals surface area contributed by atoms with E-state index < -0.39 is 5.92 Å². The number of nitrogens with zero attached hydrogens (tertiary/aromatic N) is 2. The Morgan fingerprint density at radius 2 is 1.49 bits per heavy atom. The summed E-state index contributed by atoms with van der Waals surface area (Å²) in [4.78, 5) is 45.6. The maximum Gasteiger partial charge on any atom is 0.278 e. The van der Waals surface area contributed by atoms with E-state index in [0.717, 1.165) is 28.1 Å². The summed E-state index contributed by atoms with van der Waals surface area (Å²) in [6.45, 7) is 6.31. The second-order valence-electron chi connectivity index (χ2n) is 11.4. The summed E-state index contributed by atoms with van der Waals surface area (Å²) in [7, 11) is 0. The molecule has 6 heteroatoms. The van der Waals surface area contributed by atoms with Gasteiger partial charge >= 0.3 is 0 Å². The van der Waals surface area contributed by atoms with Crippen LogP contribution in [0.1, 0.15) is 49.3 Å². The first-order chi connectivity index (χ1) is 18.6. The van der Waals surface area contributed by atoms with Crippen LogP contribution in [0, 0.1) is 12.3 Å². The smallest absolute Gasteiger partial charge is 0.278 e. The highest BCUT2D eigenvalue weighted by Crippen LogP contribution is 2.53. The van der Waals surface area contributed by atoms with Crippen molar-refractivity contribution in [2.75, 3.05) is 4.90 Å². The molecular formula is C33H29ClN2O3. The van der Waals surface area contributed by atoms with Gasteiger partial charge in [-0.15, -0.1) is 0 Å². The van der Waals surface area contributed by atoms with Gasteiger partial charge in [0.2, 0.25) is 0 Å². The summed E-state index contributed by atoms with van der Waals surface area (Å²) in [5.74, 6) is -1.35. The van der Waals surface area contributed by atoms with Gasteiger partial charge in [0.15, 0.2) is 5.78 Å². The molecule has 1 atom stereocenters.